The van der Waals surface area contributed by atoms with E-state index in [9.17, 15) is 4.79 Å². The Bertz CT molecular complexity index is 1050. The van der Waals surface area contributed by atoms with E-state index in [-0.39, 0.29) is 12.3 Å². The number of hydrogen-bond donors (Lipinski definition) is 1. The minimum Gasteiger partial charge on any atom is -0.464 e. The molecule has 0 spiro atoms. The van der Waals surface area contributed by atoms with Crippen LogP contribution in [0.4, 0.5) is 5.69 Å². The second kappa shape index (κ2) is 6.88. The van der Waals surface area contributed by atoms with Crippen molar-refractivity contribution in [3.63, 3.8) is 0 Å². The minimum atomic E-state index is -0.0683. The SMILES string of the molecule is Cc1ccc2c(CC(=O)Nc3ccccc3Cn3cccn3)coc2c1. The van der Waals surface area contributed by atoms with Gasteiger partial charge in [0.05, 0.1) is 19.2 Å². The topological polar surface area (TPSA) is 60.1 Å². The molecule has 4 aromatic rings. The number of hydrogen-bond acceptors (Lipinski definition) is 3. The highest BCUT2D eigenvalue weighted by Gasteiger charge is 2.12. The number of fused-ring (bicyclic) bond motifs is 1. The summed E-state index contributed by atoms with van der Waals surface area (Å²) in [6, 6.07) is 15.7. The zero-order valence-corrected chi connectivity index (χ0v) is 14.5. The molecule has 5 heteroatoms. The van der Waals surface area contributed by atoms with E-state index in [1.165, 1.54) is 0 Å². The number of para-hydroxylation sites is 1. The first-order chi connectivity index (χ1) is 12.7. The van der Waals surface area contributed by atoms with Crippen LogP contribution in [0.5, 0.6) is 0 Å². The van der Waals surface area contributed by atoms with Crippen LogP contribution in [0.25, 0.3) is 11.0 Å². The fraction of sp³-hybridized carbons (Fsp3) is 0.143. The van der Waals surface area contributed by atoms with Gasteiger partial charge in [-0.2, -0.15) is 5.10 Å². The van der Waals surface area contributed by atoms with Crippen molar-refractivity contribution < 1.29 is 9.21 Å². The van der Waals surface area contributed by atoms with Crippen LogP contribution in [0.3, 0.4) is 0 Å². The molecule has 0 fully saturated rings. The van der Waals surface area contributed by atoms with Gasteiger partial charge in [0.25, 0.3) is 0 Å². The van der Waals surface area contributed by atoms with Crippen molar-refractivity contribution >= 4 is 22.6 Å². The molecule has 0 unspecified atom stereocenters. The first-order valence-corrected chi connectivity index (χ1v) is 8.51. The van der Waals surface area contributed by atoms with Crippen molar-refractivity contribution in [3.8, 4) is 0 Å². The second-order valence-electron chi connectivity index (χ2n) is 6.35. The molecule has 0 radical (unpaired) electrons. The number of nitrogens with zero attached hydrogens (tertiary/aromatic N) is 2. The van der Waals surface area contributed by atoms with Crippen molar-refractivity contribution in [2.24, 2.45) is 0 Å². The van der Waals surface area contributed by atoms with Crippen LogP contribution < -0.4 is 5.32 Å². The number of nitrogens with one attached hydrogen (secondary N) is 1. The number of amides is 1. The predicted molar refractivity (Wildman–Crippen MR) is 101 cm³/mol. The Morgan fingerprint density at radius 1 is 1.15 bits per heavy atom. The number of benzene rings is 2. The van der Waals surface area contributed by atoms with Gasteiger partial charge < -0.3 is 9.73 Å². The van der Waals surface area contributed by atoms with Gasteiger partial charge in [0.15, 0.2) is 0 Å². The molecule has 0 saturated heterocycles. The van der Waals surface area contributed by atoms with E-state index in [0.29, 0.717) is 6.54 Å². The number of carbonyl (C=O) groups excluding carboxylic acids is 1. The highest BCUT2D eigenvalue weighted by Crippen LogP contribution is 2.23. The summed E-state index contributed by atoms with van der Waals surface area (Å²) in [7, 11) is 0. The van der Waals surface area contributed by atoms with Gasteiger partial charge in [0.2, 0.25) is 5.91 Å². The summed E-state index contributed by atoms with van der Waals surface area (Å²) in [5, 5.41) is 8.22. The molecule has 0 aliphatic carbocycles. The Morgan fingerprint density at radius 3 is 2.88 bits per heavy atom. The average Bonchev–Trinajstić information content (AvgIpc) is 3.27. The van der Waals surface area contributed by atoms with Gasteiger partial charge >= 0.3 is 0 Å². The number of furan rings is 1. The molecule has 0 atom stereocenters. The van der Waals surface area contributed by atoms with Gasteiger partial charge in [-0.05, 0) is 36.2 Å². The molecule has 1 amide bonds. The monoisotopic (exact) mass is 345 g/mol. The first kappa shape index (κ1) is 16.1. The highest BCUT2D eigenvalue weighted by molar-refractivity contribution is 5.95. The summed E-state index contributed by atoms with van der Waals surface area (Å²) in [5.41, 5.74) is 4.65. The van der Waals surface area contributed by atoms with Gasteiger partial charge in [-0.25, -0.2) is 0 Å². The van der Waals surface area contributed by atoms with Crippen LogP contribution in [-0.2, 0) is 17.8 Å². The Balaban J connectivity index is 1.51. The largest absolute Gasteiger partial charge is 0.464 e. The quantitative estimate of drug-likeness (QED) is 0.591. The minimum absolute atomic E-state index is 0.0683. The summed E-state index contributed by atoms with van der Waals surface area (Å²) < 4.78 is 7.41. The van der Waals surface area contributed by atoms with Gasteiger partial charge in [-0.3, -0.25) is 9.48 Å². The molecule has 2 aromatic carbocycles. The first-order valence-electron chi connectivity index (χ1n) is 8.51. The molecule has 0 bridgehead atoms. The summed E-state index contributed by atoms with van der Waals surface area (Å²) in [6.45, 7) is 2.63. The van der Waals surface area contributed by atoms with Crippen LogP contribution in [0.1, 0.15) is 16.7 Å². The predicted octanol–water partition coefficient (Wildman–Crippen LogP) is 4.17. The van der Waals surface area contributed by atoms with Crippen LogP contribution in [0.15, 0.2) is 71.6 Å². The van der Waals surface area contributed by atoms with E-state index in [4.69, 9.17) is 4.42 Å². The summed E-state index contributed by atoms with van der Waals surface area (Å²) in [6.07, 6.45) is 5.58. The lowest BCUT2D eigenvalue weighted by Gasteiger charge is -2.11. The van der Waals surface area contributed by atoms with Gasteiger partial charge in [0.1, 0.15) is 5.58 Å². The molecule has 0 aliphatic heterocycles. The van der Waals surface area contributed by atoms with E-state index in [1.54, 1.807) is 12.5 Å². The van der Waals surface area contributed by atoms with E-state index in [2.05, 4.69) is 10.4 Å². The Morgan fingerprint density at radius 2 is 2.04 bits per heavy atom. The lowest BCUT2D eigenvalue weighted by molar-refractivity contribution is -0.115. The smallest absolute Gasteiger partial charge is 0.228 e. The van der Waals surface area contributed by atoms with Crippen LogP contribution in [-0.4, -0.2) is 15.7 Å². The lowest BCUT2D eigenvalue weighted by Crippen LogP contribution is -2.16. The van der Waals surface area contributed by atoms with Crippen molar-refractivity contribution in [1.82, 2.24) is 9.78 Å². The van der Waals surface area contributed by atoms with Crippen molar-refractivity contribution in [2.45, 2.75) is 19.9 Å². The van der Waals surface area contributed by atoms with Crippen molar-refractivity contribution in [2.75, 3.05) is 5.32 Å². The van der Waals surface area contributed by atoms with Crippen LogP contribution >= 0.6 is 0 Å². The molecule has 4 rings (SSSR count). The summed E-state index contributed by atoms with van der Waals surface area (Å²) >= 11 is 0. The molecular formula is C21H19N3O2. The fourth-order valence-electron chi connectivity index (χ4n) is 3.04. The second-order valence-corrected chi connectivity index (χ2v) is 6.35. The molecule has 5 nitrogen and oxygen atoms in total. The molecule has 130 valence electrons. The molecule has 1 N–H and O–H groups in total. The Hall–Kier alpha value is -3.34. The number of carbonyl (C=O) groups is 1. The zero-order chi connectivity index (χ0) is 17.9. The molecule has 0 aliphatic rings. The summed E-state index contributed by atoms with van der Waals surface area (Å²) in [4.78, 5) is 12.6. The fourth-order valence-corrected chi connectivity index (χ4v) is 3.04. The molecular weight excluding hydrogens is 326 g/mol. The van der Waals surface area contributed by atoms with E-state index in [0.717, 1.165) is 33.3 Å². The normalized spacial score (nSPS) is 11.0. The summed E-state index contributed by atoms with van der Waals surface area (Å²) in [5.74, 6) is -0.0683. The third kappa shape index (κ3) is 3.37. The number of anilines is 1. The van der Waals surface area contributed by atoms with Crippen LogP contribution in [0.2, 0.25) is 0 Å². The van der Waals surface area contributed by atoms with E-state index >= 15 is 0 Å². The third-order valence-electron chi connectivity index (χ3n) is 4.35. The number of aromatic nitrogens is 2. The maximum atomic E-state index is 12.6. The van der Waals surface area contributed by atoms with Gasteiger partial charge in [0, 0.05) is 29.0 Å². The number of rotatable bonds is 5. The molecule has 26 heavy (non-hydrogen) atoms. The number of aryl methyl sites for hydroxylation is 1. The van der Waals surface area contributed by atoms with Crippen molar-refractivity contribution in [1.29, 1.82) is 0 Å². The molecule has 2 heterocycles. The van der Waals surface area contributed by atoms with Crippen molar-refractivity contribution in [3.05, 3.63) is 83.9 Å². The Labute approximate surface area is 151 Å². The third-order valence-corrected chi connectivity index (χ3v) is 4.35. The van der Waals surface area contributed by atoms with Gasteiger partial charge in [-0.15, -0.1) is 0 Å². The maximum Gasteiger partial charge on any atom is 0.228 e. The van der Waals surface area contributed by atoms with Crippen LogP contribution in [0, 0.1) is 6.92 Å². The highest BCUT2D eigenvalue weighted by atomic mass is 16.3. The molecule has 2 aromatic heterocycles. The average molecular weight is 345 g/mol. The van der Waals surface area contributed by atoms with Gasteiger partial charge in [-0.1, -0.05) is 30.3 Å². The van der Waals surface area contributed by atoms with E-state index < -0.39 is 0 Å². The molecule has 0 saturated carbocycles. The Kier molecular flexibility index (Phi) is 4.27. The zero-order valence-electron chi connectivity index (χ0n) is 14.5. The van der Waals surface area contributed by atoms with E-state index in [1.807, 2.05) is 66.3 Å². The maximum absolute atomic E-state index is 12.6. The lowest BCUT2D eigenvalue weighted by atomic mass is 10.1. The standard InChI is InChI=1S/C21H19N3O2/c1-15-7-8-18-17(14-26-20(18)11-15)12-21(25)23-19-6-3-2-5-16(19)13-24-10-4-9-22-24/h2-11,14H,12-13H2,1H3,(H,23,25).